The molecule has 2 aliphatic rings. The fraction of sp³-hybridized carbons (Fsp3) is 0.909. The van der Waals surface area contributed by atoms with Gasteiger partial charge in [-0.05, 0) is 38.1 Å². The van der Waals surface area contributed by atoms with Crippen LogP contribution in [0.5, 0.6) is 0 Å². The van der Waals surface area contributed by atoms with E-state index in [0.717, 1.165) is 26.1 Å². The van der Waals surface area contributed by atoms with Crippen LogP contribution < -0.4 is 10.6 Å². The number of hydrogen-bond donors (Lipinski definition) is 2. The number of amides is 2. The summed E-state index contributed by atoms with van der Waals surface area (Å²) < 4.78 is 0. The average molecular weight is 211 g/mol. The van der Waals surface area contributed by atoms with Crippen LogP contribution in [0.1, 0.15) is 25.7 Å². The number of likely N-dealkylation sites (tertiary alicyclic amines) is 1. The second-order valence-corrected chi connectivity index (χ2v) is 4.61. The van der Waals surface area contributed by atoms with Crippen molar-refractivity contribution in [3.8, 4) is 0 Å². The molecule has 0 spiro atoms. The third-order valence-corrected chi connectivity index (χ3v) is 3.63. The van der Waals surface area contributed by atoms with Crippen LogP contribution >= 0.6 is 0 Å². The molecule has 0 aromatic rings. The monoisotopic (exact) mass is 211 g/mol. The van der Waals surface area contributed by atoms with Gasteiger partial charge in [0, 0.05) is 26.2 Å². The van der Waals surface area contributed by atoms with Gasteiger partial charge < -0.3 is 15.5 Å². The standard InChI is InChI=1S/C11H21N3O/c1-12-11(15)14-7-3-4-9(8-14)10-5-2-6-13-10/h9-10,13H,2-8H2,1H3,(H,12,15). The number of urea groups is 1. The van der Waals surface area contributed by atoms with E-state index in [1.807, 2.05) is 4.90 Å². The Morgan fingerprint density at radius 2 is 2.27 bits per heavy atom. The van der Waals surface area contributed by atoms with Gasteiger partial charge in [0.2, 0.25) is 0 Å². The Bertz CT molecular complexity index is 226. The van der Waals surface area contributed by atoms with Crippen molar-refractivity contribution >= 4 is 6.03 Å². The van der Waals surface area contributed by atoms with E-state index < -0.39 is 0 Å². The minimum Gasteiger partial charge on any atom is -0.341 e. The third-order valence-electron chi connectivity index (χ3n) is 3.63. The maximum Gasteiger partial charge on any atom is 0.317 e. The zero-order valence-electron chi connectivity index (χ0n) is 9.46. The zero-order chi connectivity index (χ0) is 10.7. The number of carbonyl (C=O) groups excluding carboxylic acids is 1. The molecule has 2 heterocycles. The molecule has 0 radical (unpaired) electrons. The first-order valence-electron chi connectivity index (χ1n) is 6.01. The van der Waals surface area contributed by atoms with E-state index in [2.05, 4.69) is 10.6 Å². The van der Waals surface area contributed by atoms with Crippen molar-refractivity contribution in [2.45, 2.75) is 31.7 Å². The van der Waals surface area contributed by atoms with E-state index in [0.29, 0.717) is 12.0 Å². The Hall–Kier alpha value is -0.770. The van der Waals surface area contributed by atoms with Gasteiger partial charge in [-0.1, -0.05) is 0 Å². The molecule has 2 fully saturated rings. The van der Waals surface area contributed by atoms with Crippen LogP contribution in [0, 0.1) is 5.92 Å². The molecular weight excluding hydrogens is 190 g/mol. The summed E-state index contributed by atoms with van der Waals surface area (Å²) >= 11 is 0. The largest absolute Gasteiger partial charge is 0.341 e. The molecule has 0 saturated carbocycles. The van der Waals surface area contributed by atoms with Crippen LogP contribution in [0.4, 0.5) is 4.79 Å². The molecule has 2 rings (SSSR count). The number of carbonyl (C=O) groups is 1. The Morgan fingerprint density at radius 1 is 1.40 bits per heavy atom. The fourth-order valence-corrected chi connectivity index (χ4v) is 2.79. The molecule has 2 atom stereocenters. The highest BCUT2D eigenvalue weighted by molar-refractivity contribution is 5.73. The summed E-state index contributed by atoms with van der Waals surface area (Å²) in [5, 5.41) is 6.26. The van der Waals surface area contributed by atoms with Crippen molar-refractivity contribution in [1.29, 1.82) is 0 Å². The lowest BCUT2D eigenvalue weighted by Gasteiger charge is -2.35. The van der Waals surface area contributed by atoms with Gasteiger partial charge >= 0.3 is 6.03 Å². The van der Waals surface area contributed by atoms with E-state index >= 15 is 0 Å². The first-order chi connectivity index (χ1) is 7.31. The Morgan fingerprint density at radius 3 is 2.93 bits per heavy atom. The van der Waals surface area contributed by atoms with Gasteiger partial charge in [0.25, 0.3) is 0 Å². The first-order valence-corrected chi connectivity index (χ1v) is 6.01. The number of nitrogens with one attached hydrogen (secondary N) is 2. The summed E-state index contributed by atoms with van der Waals surface area (Å²) in [4.78, 5) is 13.5. The number of hydrogen-bond acceptors (Lipinski definition) is 2. The topological polar surface area (TPSA) is 44.4 Å². The molecular formula is C11H21N3O. The highest BCUT2D eigenvalue weighted by Gasteiger charge is 2.30. The molecule has 4 nitrogen and oxygen atoms in total. The summed E-state index contributed by atoms with van der Waals surface area (Å²) in [7, 11) is 1.71. The second kappa shape index (κ2) is 4.84. The van der Waals surface area contributed by atoms with Gasteiger partial charge in [-0.2, -0.15) is 0 Å². The molecule has 0 bridgehead atoms. The minimum absolute atomic E-state index is 0.0812. The molecule has 0 aromatic heterocycles. The molecule has 86 valence electrons. The van der Waals surface area contributed by atoms with Crippen molar-refractivity contribution in [3.63, 3.8) is 0 Å². The minimum atomic E-state index is 0.0812. The fourth-order valence-electron chi connectivity index (χ4n) is 2.79. The van der Waals surface area contributed by atoms with E-state index in [4.69, 9.17) is 0 Å². The lowest BCUT2D eigenvalue weighted by Crippen LogP contribution is -2.48. The lowest BCUT2D eigenvalue weighted by molar-refractivity contribution is 0.154. The van der Waals surface area contributed by atoms with Crippen LogP contribution in [0.25, 0.3) is 0 Å². The SMILES string of the molecule is CNC(=O)N1CCCC(C2CCCN2)C1. The van der Waals surface area contributed by atoms with Crippen LogP contribution in [0.2, 0.25) is 0 Å². The average Bonchev–Trinajstić information content (AvgIpc) is 2.82. The first kappa shape index (κ1) is 10.7. The molecule has 4 heteroatoms. The zero-order valence-corrected chi connectivity index (χ0v) is 9.46. The van der Waals surface area contributed by atoms with Gasteiger partial charge in [-0.3, -0.25) is 0 Å². The van der Waals surface area contributed by atoms with Crippen LogP contribution in [0.15, 0.2) is 0 Å². The molecule has 2 unspecified atom stereocenters. The molecule has 2 aliphatic heterocycles. The molecule has 2 amide bonds. The summed E-state index contributed by atoms with van der Waals surface area (Å²) in [6.07, 6.45) is 4.99. The molecule has 2 N–H and O–H groups in total. The number of nitrogens with zero attached hydrogens (tertiary/aromatic N) is 1. The van der Waals surface area contributed by atoms with Crippen molar-refractivity contribution in [2.24, 2.45) is 5.92 Å². The van der Waals surface area contributed by atoms with Crippen molar-refractivity contribution in [2.75, 3.05) is 26.7 Å². The number of piperidine rings is 1. The van der Waals surface area contributed by atoms with Crippen LogP contribution in [-0.2, 0) is 0 Å². The molecule has 15 heavy (non-hydrogen) atoms. The predicted molar refractivity (Wildman–Crippen MR) is 59.8 cm³/mol. The summed E-state index contributed by atoms with van der Waals surface area (Å²) in [6, 6.07) is 0.732. The normalized spacial score (nSPS) is 31.7. The van der Waals surface area contributed by atoms with Gasteiger partial charge in [0.15, 0.2) is 0 Å². The highest BCUT2D eigenvalue weighted by atomic mass is 16.2. The Labute approximate surface area is 91.4 Å². The van der Waals surface area contributed by atoms with Gasteiger partial charge in [0.1, 0.15) is 0 Å². The quantitative estimate of drug-likeness (QED) is 0.673. The van der Waals surface area contributed by atoms with Crippen molar-refractivity contribution in [1.82, 2.24) is 15.5 Å². The van der Waals surface area contributed by atoms with Gasteiger partial charge in [-0.15, -0.1) is 0 Å². The van der Waals surface area contributed by atoms with Crippen LogP contribution in [-0.4, -0.2) is 43.7 Å². The van der Waals surface area contributed by atoms with Gasteiger partial charge in [-0.25, -0.2) is 4.79 Å². The van der Waals surface area contributed by atoms with Crippen LogP contribution in [0.3, 0.4) is 0 Å². The Kier molecular flexibility index (Phi) is 3.46. The van der Waals surface area contributed by atoms with E-state index in [1.165, 1.54) is 19.3 Å². The Balaban J connectivity index is 1.88. The maximum atomic E-state index is 11.5. The maximum absolute atomic E-state index is 11.5. The van der Waals surface area contributed by atoms with E-state index in [1.54, 1.807) is 7.05 Å². The van der Waals surface area contributed by atoms with Crippen molar-refractivity contribution in [3.05, 3.63) is 0 Å². The highest BCUT2D eigenvalue weighted by Crippen LogP contribution is 2.24. The van der Waals surface area contributed by atoms with Gasteiger partial charge in [0.05, 0.1) is 0 Å². The van der Waals surface area contributed by atoms with Crippen molar-refractivity contribution < 1.29 is 4.79 Å². The smallest absolute Gasteiger partial charge is 0.317 e. The van der Waals surface area contributed by atoms with E-state index in [9.17, 15) is 4.79 Å². The third kappa shape index (κ3) is 2.43. The van der Waals surface area contributed by atoms with E-state index in [-0.39, 0.29) is 6.03 Å². The molecule has 0 aromatic carbocycles. The lowest BCUT2D eigenvalue weighted by atomic mass is 9.90. The summed E-state index contributed by atoms with van der Waals surface area (Å²) in [6.45, 7) is 3.00. The summed E-state index contributed by atoms with van der Waals surface area (Å²) in [5.74, 6) is 0.665. The summed E-state index contributed by atoms with van der Waals surface area (Å²) in [5.41, 5.74) is 0. The predicted octanol–water partition coefficient (Wildman–Crippen LogP) is 0.790. The second-order valence-electron chi connectivity index (χ2n) is 4.61. The molecule has 2 saturated heterocycles. The number of rotatable bonds is 1. The molecule has 0 aliphatic carbocycles.